The molecule has 0 saturated heterocycles. The highest BCUT2D eigenvalue weighted by molar-refractivity contribution is 9.10. The third-order valence-corrected chi connectivity index (χ3v) is 4.46. The number of anilines is 1. The lowest BCUT2D eigenvalue weighted by atomic mass is 9.95. The molecule has 80 valence electrons. The largest absolute Gasteiger partial charge is 0.366 e. The fraction of sp³-hybridized carbons (Fsp3) is 0.583. The van der Waals surface area contributed by atoms with E-state index >= 15 is 0 Å². The Balaban J connectivity index is 1.73. The molecule has 1 aromatic rings. The first-order valence-corrected chi connectivity index (χ1v) is 6.49. The molecule has 2 bridgehead atoms. The average molecular weight is 267 g/mol. The zero-order chi connectivity index (χ0) is 10.3. The van der Waals surface area contributed by atoms with Gasteiger partial charge in [0.25, 0.3) is 0 Å². The van der Waals surface area contributed by atoms with Gasteiger partial charge in [-0.1, -0.05) is 6.42 Å². The fourth-order valence-electron chi connectivity index (χ4n) is 3.09. The molecular weight excluding hydrogens is 252 g/mol. The van der Waals surface area contributed by atoms with Crippen LogP contribution in [0.1, 0.15) is 25.7 Å². The summed E-state index contributed by atoms with van der Waals surface area (Å²) in [6.45, 7) is 0. The van der Waals surface area contributed by atoms with Crippen LogP contribution in [0, 0.1) is 11.8 Å². The lowest BCUT2D eigenvalue weighted by Gasteiger charge is -2.23. The van der Waals surface area contributed by atoms with Gasteiger partial charge in [0, 0.05) is 12.2 Å². The predicted octanol–water partition coefficient (Wildman–Crippen LogP) is 3.44. The maximum atomic E-state index is 4.37. The molecule has 2 nitrogen and oxygen atoms in total. The summed E-state index contributed by atoms with van der Waals surface area (Å²) < 4.78 is 1.08. The minimum Gasteiger partial charge on any atom is -0.366 e. The number of halogens is 1. The summed E-state index contributed by atoms with van der Waals surface area (Å²) in [5.41, 5.74) is 0. The van der Waals surface area contributed by atoms with Crippen molar-refractivity contribution in [1.29, 1.82) is 0 Å². The van der Waals surface area contributed by atoms with E-state index in [9.17, 15) is 0 Å². The molecular formula is C12H15BrN2. The minimum absolute atomic E-state index is 0.662. The third-order valence-electron chi connectivity index (χ3n) is 3.82. The average Bonchev–Trinajstić information content (AvgIpc) is 2.83. The van der Waals surface area contributed by atoms with Crippen LogP contribution in [0.15, 0.2) is 22.8 Å². The Morgan fingerprint density at radius 2 is 2.27 bits per heavy atom. The van der Waals surface area contributed by atoms with Crippen LogP contribution in [-0.4, -0.2) is 11.0 Å². The Morgan fingerprint density at radius 3 is 2.93 bits per heavy atom. The van der Waals surface area contributed by atoms with E-state index < -0.39 is 0 Å². The number of pyridine rings is 1. The zero-order valence-electron chi connectivity index (χ0n) is 8.62. The zero-order valence-corrected chi connectivity index (χ0v) is 10.2. The Labute approximate surface area is 98.6 Å². The van der Waals surface area contributed by atoms with Crippen LogP contribution in [0.25, 0.3) is 0 Å². The number of rotatable bonds is 2. The second kappa shape index (κ2) is 3.78. The lowest BCUT2D eigenvalue weighted by Crippen LogP contribution is -2.26. The molecule has 0 aromatic carbocycles. The molecule has 2 aliphatic carbocycles. The van der Waals surface area contributed by atoms with Crippen molar-refractivity contribution in [3.8, 4) is 0 Å². The number of nitrogens with zero attached hydrogens (tertiary/aromatic N) is 1. The molecule has 3 rings (SSSR count). The highest BCUT2D eigenvalue weighted by atomic mass is 79.9. The molecule has 0 aliphatic heterocycles. The summed E-state index contributed by atoms with van der Waals surface area (Å²) in [6, 6.07) is 4.66. The maximum absolute atomic E-state index is 4.37. The summed E-state index contributed by atoms with van der Waals surface area (Å²) >= 11 is 3.53. The Hall–Kier alpha value is -0.570. The quantitative estimate of drug-likeness (QED) is 0.887. The van der Waals surface area contributed by atoms with Gasteiger partial charge < -0.3 is 5.32 Å². The van der Waals surface area contributed by atoms with Crippen molar-refractivity contribution in [1.82, 2.24) is 4.98 Å². The molecule has 3 heteroatoms. The van der Waals surface area contributed by atoms with Gasteiger partial charge in [0.2, 0.25) is 0 Å². The van der Waals surface area contributed by atoms with E-state index in [1.54, 1.807) is 0 Å². The molecule has 2 fully saturated rings. The lowest BCUT2D eigenvalue weighted by molar-refractivity contribution is 0.439. The summed E-state index contributed by atoms with van der Waals surface area (Å²) in [5, 5.41) is 3.58. The van der Waals surface area contributed by atoms with Gasteiger partial charge in [-0.05, 0) is 59.2 Å². The first-order chi connectivity index (χ1) is 7.33. The molecule has 1 heterocycles. The van der Waals surface area contributed by atoms with E-state index in [-0.39, 0.29) is 0 Å². The Bertz CT molecular complexity index is 366. The van der Waals surface area contributed by atoms with Crippen LogP contribution in [0.2, 0.25) is 0 Å². The normalized spacial score (nSPS) is 33.3. The summed E-state index contributed by atoms with van der Waals surface area (Å²) in [4.78, 5) is 4.37. The maximum Gasteiger partial charge on any atom is 0.140 e. The molecule has 3 unspecified atom stereocenters. The first kappa shape index (κ1) is 9.64. The van der Waals surface area contributed by atoms with E-state index in [2.05, 4.69) is 26.2 Å². The van der Waals surface area contributed by atoms with Gasteiger partial charge in [0.15, 0.2) is 0 Å². The van der Waals surface area contributed by atoms with Crippen molar-refractivity contribution in [2.24, 2.45) is 11.8 Å². The van der Waals surface area contributed by atoms with E-state index in [1.807, 2.05) is 18.3 Å². The number of aromatic nitrogens is 1. The van der Waals surface area contributed by atoms with Crippen molar-refractivity contribution in [2.75, 3.05) is 5.32 Å². The van der Waals surface area contributed by atoms with Gasteiger partial charge >= 0.3 is 0 Å². The number of fused-ring (bicyclic) bond motifs is 2. The molecule has 0 radical (unpaired) electrons. The SMILES string of the molecule is Brc1cccnc1NC1CC2CCC1C2. The topological polar surface area (TPSA) is 24.9 Å². The standard InChI is InChI=1S/C12H15BrN2/c13-10-2-1-5-14-12(10)15-11-7-8-3-4-9(11)6-8/h1-2,5,8-9,11H,3-4,6-7H2,(H,14,15). The monoisotopic (exact) mass is 266 g/mol. The predicted molar refractivity (Wildman–Crippen MR) is 64.8 cm³/mol. The van der Waals surface area contributed by atoms with Gasteiger partial charge in [-0.2, -0.15) is 0 Å². The van der Waals surface area contributed by atoms with Gasteiger partial charge in [-0.3, -0.25) is 0 Å². The van der Waals surface area contributed by atoms with E-state index in [4.69, 9.17) is 0 Å². The second-order valence-electron chi connectivity index (χ2n) is 4.76. The highest BCUT2D eigenvalue weighted by Crippen LogP contribution is 2.45. The van der Waals surface area contributed by atoms with Crippen LogP contribution in [0.5, 0.6) is 0 Å². The molecule has 2 aliphatic rings. The van der Waals surface area contributed by atoms with Gasteiger partial charge in [0.1, 0.15) is 5.82 Å². The molecule has 0 amide bonds. The van der Waals surface area contributed by atoms with Gasteiger partial charge in [-0.15, -0.1) is 0 Å². The number of nitrogens with one attached hydrogen (secondary N) is 1. The first-order valence-electron chi connectivity index (χ1n) is 5.70. The fourth-order valence-corrected chi connectivity index (χ4v) is 3.46. The van der Waals surface area contributed by atoms with Crippen LogP contribution < -0.4 is 5.32 Å². The van der Waals surface area contributed by atoms with Crippen LogP contribution >= 0.6 is 15.9 Å². The van der Waals surface area contributed by atoms with Crippen LogP contribution in [0.3, 0.4) is 0 Å². The van der Waals surface area contributed by atoms with Crippen molar-refractivity contribution in [3.63, 3.8) is 0 Å². The number of hydrogen-bond donors (Lipinski definition) is 1. The van der Waals surface area contributed by atoms with E-state index in [0.717, 1.165) is 22.1 Å². The summed E-state index contributed by atoms with van der Waals surface area (Å²) in [5.74, 6) is 2.88. The second-order valence-corrected chi connectivity index (χ2v) is 5.61. The van der Waals surface area contributed by atoms with Crippen molar-refractivity contribution in [2.45, 2.75) is 31.7 Å². The van der Waals surface area contributed by atoms with Crippen LogP contribution in [-0.2, 0) is 0 Å². The highest BCUT2D eigenvalue weighted by Gasteiger charge is 2.39. The van der Waals surface area contributed by atoms with E-state index in [1.165, 1.54) is 25.7 Å². The van der Waals surface area contributed by atoms with Crippen molar-refractivity contribution in [3.05, 3.63) is 22.8 Å². The molecule has 0 spiro atoms. The molecule has 1 aromatic heterocycles. The molecule has 3 atom stereocenters. The third kappa shape index (κ3) is 1.78. The van der Waals surface area contributed by atoms with Gasteiger partial charge in [-0.25, -0.2) is 4.98 Å². The Kier molecular flexibility index (Phi) is 2.43. The Morgan fingerprint density at radius 1 is 1.33 bits per heavy atom. The van der Waals surface area contributed by atoms with Gasteiger partial charge in [0.05, 0.1) is 4.47 Å². The van der Waals surface area contributed by atoms with Crippen molar-refractivity contribution < 1.29 is 0 Å². The summed E-state index contributed by atoms with van der Waals surface area (Å²) in [6.07, 6.45) is 7.48. The minimum atomic E-state index is 0.662. The number of hydrogen-bond acceptors (Lipinski definition) is 2. The molecule has 1 N–H and O–H groups in total. The smallest absolute Gasteiger partial charge is 0.140 e. The molecule has 15 heavy (non-hydrogen) atoms. The summed E-state index contributed by atoms with van der Waals surface area (Å²) in [7, 11) is 0. The van der Waals surface area contributed by atoms with Crippen molar-refractivity contribution >= 4 is 21.7 Å². The van der Waals surface area contributed by atoms with E-state index in [0.29, 0.717) is 6.04 Å². The van der Waals surface area contributed by atoms with Crippen LogP contribution in [0.4, 0.5) is 5.82 Å². The molecule has 2 saturated carbocycles.